The van der Waals surface area contributed by atoms with E-state index in [0.717, 1.165) is 6.42 Å². The molecule has 1 saturated heterocycles. The molecule has 1 aliphatic heterocycles. The summed E-state index contributed by atoms with van der Waals surface area (Å²) in [4.78, 5) is 28.0. The number of ether oxygens (including phenoxy) is 1. The number of esters is 1. The van der Waals surface area contributed by atoms with Crippen molar-refractivity contribution in [3.05, 3.63) is 24.5 Å². The molecule has 1 aromatic rings. The van der Waals surface area contributed by atoms with Gasteiger partial charge in [-0.15, -0.1) is 0 Å². The minimum atomic E-state index is -3.60. The molecular weight excluding hydrogens is 358 g/mol. The molecule has 8 nitrogen and oxygen atoms in total. The first-order valence-electron chi connectivity index (χ1n) is 8.74. The summed E-state index contributed by atoms with van der Waals surface area (Å²) in [6, 6.07) is 3.07. The average Bonchev–Trinajstić information content (AvgIpc) is 2.66. The molecule has 1 atom stereocenters. The van der Waals surface area contributed by atoms with Crippen LogP contribution in [0.2, 0.25) is 0 Å². The van der Waals surface area contributed by atoms with Gasteiger partial charge in [-0.1, -0.05) is 6.92 Å². The van der Waals surface area contributed by atoms with E-state index >= 15 is 0 Å². The molecule has 1 N–H and O–H groups in total. The minimum absolute atomic E-state index is 0.141. The second-order valence-electron chi connectivity index (χ2n) is 6.24. The zero-order chi connectivity index (χ0) is 19.2. The maximum absolute atomic E-state index is 12.5. The lowest BCUT2D eigenvalue weighted by Crippen LogP contribution is -2.42. The largest absolute Gasteiger partial charge is 0.452 e. The van der Waals surface area contributed by atoms with Gasteiger partial charge in [0.1, 0.15) is 4.90 Å². The van der Waals surface area contributed by atoms with E-state index < -0.39 is 28.0 Å². The van der Waals surface area contributed by atoms with Crippen molar-refractivity contribution < 1.29 is 22.7 Å². The lowest BCUT2D eigenvalue weighted by molar-refractivity contribution is -0.159. The van der Waals surface area contributed by atoms with E-state index in [1.807, 2.05) is 6.92 Å². The first kappa shape index (κ1) is 20.3. The third kappa shape index (κ3) is 5.01. The summed E-state index contributed by atoms with van der Waals surface area (Å²) >= 11 is 0. The average molecular weight is 383 g/mol. The first-order valence-corrected chi connectivity index (χ1v) is 10.2. The van der Waals surface area contributed by atoms with Crippen molar-refractivity contribution >= 4 is 21.9 Å². The molecule has 1 unspecified atom stereocenters. The minimum Gasteiger partial charge on any atom is -0.452 e. The van der Waals surface area contributed by atoms with Crippen LogP contribution in [-0.2, 0) is 24.3 Å². The van der Waals surface area contributed by atoms with Gasteiger partial charge in [0.25, 0.3) is 5.91 Å². The molecule has 0 spiro atoms. The first-order chi connectivity index (χ1) is 12.4. The van der Waals surface area contributed by atoms with Crippen molar-refractivity contribution in [2.24, 2.45) is 5.92 Å². The highest BCUT2D eigenvalue weighted by Crippen LogP contribution is 2.24. The highest BCUT2D eigenvalue weighted by molar-refractivity contribution is 7.89. The Morgan fingerprint density at radius 3 is 2.65 bits per heavy atom. The molecular formula is C17H25N3O5S. The molecule has 26 heavy (non-hydrogen) atoms. The van der Waals surface area contributed by atoms with E-state index in [9.17, 15) is 18.0 Å². The van der Waals surface area contributed by atoms with Gasteiger partial charge in [0.15, 0.2) is 6.10 Å². The van der Waals surface area contributed by atoms with Gasteiger partial charge in [-0.25, -0.2) is 8.42 Å². The van der Waals surface area contributed by atoms with E-state index in [1.165, 1.54) is 29.7 Å². The molecule has 0 saturated carbocycles. The van der Waals surface area contributed by atoms with E-state index in [4.69, 9.17) is 4.74 Å². The number of aromatic nitrogens is 1. The Hall–Kier alpha value is -2.00. The summed E-state index contributed by atoms with van der Waals surface area (Å²) in [6.07, 6.45) is 3.50. The summed E-state index contributed by atoms with van der Waals surface area (Å²) in [7, 11) is -3.60. The third-order valence-corrected chi connectivity index (χ3v) is 6.15. The number of amides is 1. The maximum Gasteiger partial charge on any atom is 0.309 e. The van der Waals surface area contributed by atoms with Gasteiger partial charge in [-0.3, -0.25) is 14.6 Å². The van der Waals surface area contributed by atoms with Crippen LogP contribution in [-0.4, -0.2) is 55.3 Å². The number of sulfonamides is 1. The van der Waals surface area contributed by atoms with E-state index in [2.05, 4.69) is 10.3 Å². The number of carbonyl (C=O) groups excluding carboxylic acids is 2. The summed E-state index contributed by atoms with van der Waals surface area (Å²) in [6.45, 7) is 4.46. The molecule has 1 aliphatic rings. The second kappa shape index (κ2) is 9.09. The molecule has 1 fully saturated rings. The normalized spacial score (nSPS) is 17.5. The molecule has 2 rings (SSSR count). The quantitative estimate of drug-likeness (QED) is 0.703. The number of piperidine rings is 1. The molecule has 0 aromatic carbocycles. The van der Waals surface area contributed by atoms with Crippen LogP contribution in [0.5, 0.6) is 0 Å². The van der Waals surface area contributed by atoms with Crippen LogP contribution in [0.15, 0.2) is 29.4 Å². The van der Waals surface area contributed by atoms with Crippen LogP contribution in [0.3, 0.4) is 0 Å². The van der Waals surface area contributed by atoms with Gasteiger partial charge in [-0.05, 0) is 38.3 Å². The van der Waals surface area contributed by atoms with Crippen molar-refractivity contribution in [2.75, 3.05) is 19.6 Å². The van der Waals surface area contributed by atoms with Crippen LogP contribution >= 0.6 is 0 Å². The van der Waals surface area contributed by atoms with E-state index in [0.29, 0.717) is 19.4 Å². The fourth-order valence-corrected chi connectivity index (χ4v) is 4.13. The van der Waals surface area contributed by atoms with E-state index in [-0.39, 0.29) is 23.9 Å². The van der Waals surface area contributed by atoms with Crippen molar-refractivity contribution in [2.45, 2.75) is 44.1 Å². The smallest absolute Gasteiger partial charge is 0.309 e. The number of hydrogen-bond acceptors (Lipinski definition) is 6. The Balaban J connectivity index is 1.88. The van der Waals surface area contributed by atoms with Gasteiger partial charge in [0, 0.05) is 32.0 Å². The van der Waals surface area contributed by atoms with Crippen molar-refractivity contribution in [3.8, 4) is 0 Å². The summed E-state index contributed by atoms with van der Waals surface area (Å²) in [5, 5.41) is 2.68. The fraction of sp³-hybridized carbons (Fsp3) is 0.588. The van der Waals surface area contributed by atoms with Crippen LogP contribution in [0.1, 0.15) is 33.1 Å². The number of nitrogens with one attached hydrogen (secondary N) is 1. The number of pyridine rings is 1. The molecule has 0 radical (unpaired) electrons. The lowest BCUT2D eigenvalue weighted by Gasteiger charge is -2.30. The van der Waals surface area contributed by atoms with Crippen molar-refractivity contribution in [1.82, 2.24) is 14.6 Å². The summed E-state index contributed by atoms with van der Waals surface area (Å²) in [5.41, 5.74) is 0. The number of rotatable bonds is 7. The number of hydrogen-bond donors (Lipinski definition) is 1. The van der Waals surface area contributed by atoms with Gasteiger partial charge in [0.2, 0.25) is 10.0 Å². The summed E-state index contributed by atoms with van der Waals surface area (Å²) in [5.74, 6) is -1.18. The van der Waals surface area contributed by atoms with Crippen molar-refractivity contribution in [3.63, 3.8) is 0 Å². The van der Waals surface area contributed by atoms with Crippen LogP contribution < -0.4 is 5.32 Å². The highest BCUT2D eigenvalue weighted by atomic mass is 32.2. The zero-order valence-electron chi connectivity index (χ0n) is 15.1. The Kier molecular flexibility index (Phi) is 7.10. The Labute approximate surface area is 154 Å². The van der Waals surface area contributed by atoms with Crippen LogP contribution in [0, 0.1) is 5.92 Å². The fourth-order valence-electron chi connectivity index (χ4n) is 2.70. The van der Waals surface area contributed by atoms with Gasteiger partial charge in [-0.2, -0.15) is 4.31 Å². The highest BCUT2D eigenvalue weighted by Gasteiger charge is 2.33. The Bertz CT molecular complexity index is 715. The predicted molar refractivity (Wildman–Crippen MR) is 94.6 cm³/mol. The molecule has 0 bridgehead atoms. The number of nitrogens with zero attached hydrogens (tertiary/aromatic N) is 2. The van der Waals surface area contributed by atoms with Crippen molar-refractivity contribution in [1.29, 1.82) is 0 Å². The SMILES string of the molecule is CCCNC(=O)C(C)OC(=O)C1CCN(S(=O)(=O)c2cccnc2)CC1. The predicted octanol–water partition coefficient (Wildman–Crippen LogP) is 0.940. The third-order valence-electron chi connectivity index (χ3n) is 4.27. The van der Waals surface area contributed by atoms with Gasteiger partial charge in [0.05, 0.1) is 5.92 Å². The van der Waals surface area contributed by atoms with Gasteiger partial charge < -0.3 is 10.1 Å². The maximum atomic E-state index is 12.5. The Morgan fingerprint density at radius 2 is 2.08 bits per heavy atom. The second-order valence-corrected chi connectivity index (χ2v) is 8.18. The standard InChI is InChI=1S/C17H25N3O5S/c1-3-8-19-16(21)13(2)25-17(22)14-6-10-20(11-7-14)26(23,24)15-5-4-9-18-12-15/h4-5,9,12-14H,3,6-8,10-11H2,1-2H3,(H,19,21). The zero-order valence-corrected chi connectivity index (χ0v) is 15.9. The van der Waals surface area contributed by atoms with Crippen LogP contribution in [0.4, 0.5) is 0 Å². The number of carbonyl (C=O) groups is 2. The van der Waals surface area contributed by atoms with Gasteiger partial charge >= 0.3 is 5.97 Å². The van der Waals surface area contributed by atoms with Crippen LogP contribution in [0.25, 0.3) is 0 Å². The molecule has 1 aromatic heterocycles. The topological polar surface area (TPSA) is 106 Å². The Morgan fingerprint density at radius 1 is 1.38 bits per heavy atom. The molecule has 1 amide bonds. The molecule has 0 aliphatic carbocycles. The lowest BCUT2D eigenvalue weighted by atomic mass is 9.98. The molecule has 2 heterocycles. The molecule has 9 heteroatoms. The summed E-state index contributed by atoms with van der Waals surface area (Å²) < 4.78 is 31.7. The monoisotopic (exact) mass is 383 g/mol. The molecule has 144 valence electrons. The van der Waals surface area contributed by atoms with E-state index in [1.54, 1.807) is 6.07 Å².